The Morgan fingerprint density at radius 1 is 1.14 bits per heavy atom. The van der Waals surface area contributed by atoms with Crippen LogP contribution in [0.25, 0.3) is 11.4 Å². The van der Waals surface area contributed by atoms with E-state index in [4.69, 9.17) is 26.8 Å². The molecule has 0 unspecified atom stereocenters. The molecule has 2 aromatic rings. The molecule has 1 heterocycles. The van der Waals surface area contributed by atoms with Crippen LogP contribution in [0.2, 0.25) is 5.02 Å². The Hall–Kier alpha value is -1.85. The molecule has 0 aliphatic rings. The highest BCUT2D eigenvalue weighted by Gasteiger charge is 2.14. The average molecular weight is 308 g/mol. The molecule has 5 nitrogen and oxygen atoms in total. The highest BCUT2D eigenvalue weighted by Crippen LogP contribution is 2.38. The van der Waals surface area contributed by atoms with Gasteiger partial charge in [0.15, 0.2) is 17.3 Å². The van der Waals surface area contributed by atoms with Gasteiger partial charge >= 0.3 is 0 Å². The van der Waals surface area contributed by atoms with Gasteiger partial charge in [-0.25, -0.2) is 9.97 Å². The summed E-state index contributed by atoms with van der Waals surface area (Å²) in [6.45, 7) is 2.47. The van der Waals surface area contributed by atoms with Gasteiger partial charge in [-0.3, -0.25) is 0 Å². The molecule has 0 aliphatic carbocycles. The second-order valence-electron chi connectivity index (χ2n) is 4.56. The van der Waals surface area contributed by atoms with Gasteiger partial charge in [-0.2, -0.15) is 0 Å². The van der Waals surface area contributed by atoms with Gasteiger partial charge in [0.2, 0.25) is 0 Å². The first-order chi connectivity index (χ1) is 10.1. The van der Waals surface area contributed by atoms with Crippen LogP contribution < -0.4 is 15.2 Å². The molecular formula is C15H18ClN3O2. The number of hydrogen-bond acceptors (Lipinski definition) is 5. The fourth-order valence-corrected chi connectivity index (χ4v) is 2.37. The first-order valence-corrected chi connectivity index (χ1v) is 6.93. The molecule has 0 aliphatic heterocycles. The lowest BCUT2D eigenvalue weighted by Crippen LogP contribution is -2.06. The number of halogens is 1. The fourth-order valence-electron chi connectivity index (χ4n) is 2.09. The number of aromatic nitrogens is 2. The van der Waals surface area contributed by atoms with E-state index in [0.29, 0.717) is 35.3 Å². The van der Waals surface area contributed by atoms with Crippen molar-refractivity contribution in [2.45, 2.75) is 13.3 Å². The number of rotatable bonds is 5. The van der Waals surface area contributed by atoms with Crippen LogP contribution in [0.15, 0.2) is 18.2 Å². The summed E-state index contributed by atoms with van der Waals surface area (Å²) in [6.07, 6.45) is 0.706. The van der Waals surface area contributed by atoms with Crippen LogP contribution in [0, 0.1) is 6.92 Å². The van der Waals surface area contributed by atoms with E-state index in [9.17, 15) is 0 Å². The van der Waals surface area contributed by atoms with Crippen molar-refractivity contribution in [3.63, 3.8) is 0 Å². The molecule has 6 heteroatoms. The van der Waals surface area contributed by atoms with E-state index in [1.807, 2.05) is 19.1 Å². The molecule has 0 saturated heterocycles. The maximum Gasteiger partial charge on any atom is 0.179 e. The Labute approximate surface area is 129 Å². The van der Waals surface area contributed by atoms with Gasteiger partial charge in [-0.1, -0.05) is 11.6 Å². The van der Waals surface area contributed by atoms with E-state index in [1.165, 1.54) is 0 Å². The number of nitrogens with zero attached hydrogens (tertiary/aromatic N) is 2. The lowest BCUT2D eigenvalue weighted by molar-refractivity contribution is 0.355. The summed E-state index contributed by atoms with van der Waals surface area (Å²) in [5.41, 5.74) is 8.16. The third-order valence-corrected chi connectivity index (χ3v) is 3.28. The molecule has 0 fully saturated rings. The molecule has 0 bridgehead atoms. The largest absolute Gasteiger partial charge is 0.493 e. The predicted molar refractivity (Wildman–Crippen MR) is 83.1 cm³/mol. The van der Waals surface area contributed by atoms with E-state index >= 15 is 0 Å². The van der Waals surface area contributed by atoms with Crippen LogP contribution in [-0.2, 0) is 6.42 Å². The summed E-state index contributed by atoms with van der Waals surface area (Å²) in [7, 11) is 3.11. The molecular weight excluding hydrogens is 290 g/mol. The van der Waals surface area contributed by atoms with Crippen LogP contribution in [-0.4, -0.2) is 30.7 Å². The summed E-state index contributed by atoms with van der Waals surface area (Å²) in [4.78, 5) is 8.97. The van der Waals surface area contributed by atoms with Crippen LogP contribution in [0.1, 0.15) is 11.4 Å². The Bertz CT molecular complexity index is 647. The molecule has 21 heavy (non-hydrogen) atoms. The molecule has 0 atom stereocenters. The first kappa shape index (κ1) is 15.5. The van der Waals surface area contributed by atoms with E-state index in [1.54, 1.807) is 20.3 Å². The fraction of sp³-hybridized carbons (Fsp3) is 0.333. The molecule has 1 aromatic heterocycles. The maximum absolute atomic E-state index is 6.22. The Balaban J connectivity index is 2.53. The number of nitrogens with two attached hydrogens (primary N) is 1. The highest BCUT2D eigenvalue weighted by atomic mass is 35.5. The highest BCUT2D eigenvalue weighted by molar-refractivity contribution is 6.32. The summed E-state index contributed by atoms with van der Waals surface area (Å²) in [5.74, 6) is 1.64. The lowest BCUT2D eigenvalue weighted by atomic mass is 10.1. The zero-order valence-electron chi connectivity index (χ0n) is 12.3. The van der Waals surface area contributed by atoms with Crippen LogP contribution in [0.4, 0.5) is 0 Å². The number of hydrogen-bond donors (Lipinski definition) is 1. The van der Waals surface area contributed by atoms with Crippen molar-refractivity contribution in [3.05, 3.63) is 34.6 Å². The average Bonchev–Trinajstić information content (AvgIpc) is 2.46. The van der Waals surface area contributed by atoms with Crippen molar-refractivity contribution >= 4 is 11.6 Å². The van der Waals surface area contributed by atoms with Gasteiger partial charge in [0.25, 0.3) is 0 Å². The van der Waals surface area contributed by atoms with Gasteiger partial charge in [-0.15, -0.1) is 0 Å². The monoisotopic (exact) mass is 307 g/mol. The van der Waals surface area contributed by atoms with Crippen molar-refractivity contribution in [1.29, 1.82) is 0 Å². The zero-order valence-corrected chi connectivity index (χ0v) is 13.1. The molecule has 0 amide bonds. The van der Waals surface area contributed by atoms with Crippen LogP contribution in [0.5, 0.6) is 11.5 Å². The van der Waals surface area contributed by atoms with Crippen LogP contribution >= 0.6 is 11.6 Å². The van der Waals surface area contributed by atoms with Crippen molar-refractivity contribution in [3.8, 4) is 22.9 Å². The number of ether oxygens (including phenoxy) is 2. The van der Waals surface area contributed by atoms with E-state index in [2.05, 4.69) is 9.97 Å². The Kier molecular flexibility index (Phi) is 4.98. The summed E-state index contributed by atoms with van der Waals surface area (Å²) >= 11 is 6.22. The summed E-state index contributed by atoms with van der Waals surface area (Å²) in [5, 5.41) is 0.456. The molecule has 1 aromatic carbocycles. The normalized spacial score (nSPS) is 10.5. The zero-order chi connectivity index (χ0) is 15.4. The SMILES string of the molecule is COc1cc(-c2nc(C)cc(CCN)n2)cc(Cl)c1OC. The number of methoxy groups -OCH3 is 2. The van der Waals surface area contributed by atoms with Crippen LogP contribution in [0.3, 0.4) is 0 Å². The minimum absolute atomic E-state index is 0.456. The number of aryl methyl sites for hydroxylation is 1. The summed E-state index contributed by atoms with van der Waals surface area (Å²) in [6, 6.07) is 5.51. The van der Waals surface area contributed by atoms with Gasteiger partial charge < -0.3 is 15.2 Å². The molecule has 0 radical (unpaired) electrons. The van der Waals surface area contributed by atoms with Crippen molar-refractivity contribution in [2.24, 2.45) is 5.73 Å². The first-order valence-electron chi connectivity index (χ1n) is 6.55. The third-order valence-electron chi connectivity index (χ3n) is 3.00. The van der Waals surface area contributed by atoms with Crippen molar-refractivity contribution in [2.75, 3.05) is 20.8 Å². The molecule has 2 N–H and O–H groups in total. The quantitative estimate of drug-likeness (QED) is 0.919. The molecule has 0 spiro atoms. The maximum atomic E-state index is 6.22. The van der Waals surface area contributed by atoms with Gasteiger partial charge in [0.1, 0.15) is 0 Å². The lowest BCUT2D eigenvalue weighted by Gasteiger charge is -2.12. The molecule has 112 valence electrons. The second kappa shape index (κ2) is 6.74. The Morgan fingerprint density at radius 2 is 1.90 bits per heavy atom. The van der Waals surface area contributed by atoms with Gasteiger partial charge in [0.05, 0.1) is 19.2 Å². The molecule has 2 rings (SSSR count). The van der Waals surface area contributed by atoms with E-state index < -0.39 is 0 Å². The summed E-state index contributed by atoms with van der Waals surface area (Å²) < 4.78 is 10.5. The number of benzene rings is 1. The van der Waals surface area contributed by atoms with E-state index in [-0.39, 0.29) is 0 Å². The van der Waals surface area contributed by atoms with Crippen molar-refractivity contribution < 1.29 is 9.47 Å². The topological polar surface area (TPSA) is 70.3 Å². The van der Waals surface area contributed by atoms with Gasteiger partial charge in [0, 0.05) is 23.4 Å². The second-order valence-corrected chi connectivity index (χ2v) is 4.96. The minimum atomic E-state index is 0.456. The standard InChI is InChI=1S/C15H18ClN3O2/c1-9-6-11(4-5-17)19-15(18-9)10-7-12(16)14(21-3)13(8-10)20-2/h6-8H,4-5,17H2,1-3H3. The minimum Gasteiger partial charge on any atom is -0.493 e. The van der Waals surface area contributed by atoms with Crippen molar-refractivity contribution in [1.82, 2.24) is 9.97 Å². The Morgan fingerprint density at radius 3 is 2.52 bits per heavy atom. The van der Waals surface area contributed by atoms with Gasteiger partial charge in [-0.05, 0) is 31.7 Å². The predicted octanol–water partition coefficient (Wildman–Crippen LogP) is 2.62. The third kappa shape index (κ3) is 3.43. The smallest absolute Gasteiger partial charge is 0.179 e. The van der Waals surface area contributed by atoms with E-state index in [0.717, 1.165) is 17.0 Å². The molecule has 0 saturated carbocycles.